The van der Waals surface area contributed by atoms with Crippen molar-refractivity contribution in [3.05, 3.63) is 4.88 Å². The maximum Gasteiger partial charge on any atom is 0.350 e. The number of thiophene rings is 1. The Balaban J connectivity index is 2.15. The van der Waals surface area contributed by atoms with Crippen molar-refractivity contribution in [1.29, 1.82) is 0 Å². The third kappa shape index (κ3) is 3.43. The van der Waals surface area contributed by atoms with Gasteiger partial charge < -0.3 is 20.5 Å². The number of carbonyl (C=O) groups is 1. The fraction of sp³-hybridized carbons (Fsp3) is 0.667. The van der Waals surface area contributed by atoms with Gasteiger partial charge in [-0.25, -0.2) is 4.79 Å². The van der Waals surface area contributed by atoms with Crippen LogP contribution in [0.4, 0.5) is 10.7 Å². The molecule has 1 aromatic rings. The van der Waals surface area contributed by atoms with Gasteiger partial charge >= 0.3 is 5.97 Å². The van der Waals surface area contributed by atoms with Gasteiger partial charge in [0.25, 0.3) is 0 Å². The summed E-state index contributed by atoms with van der Waals surface area (Å²) < 4.78 is 10.1. The lowest BCUT2D eigenvalue weighted by molar-refractivity contribution is 0.0607. The molecular weight excluding hydrogens is 288 g/mol. The van der Waals surface area contributed by atoms with Gasteiger partial charge in [-0.05, 0) is 31.1 Å². The Kier molecular flexibility index (Phi) is 4.66. The molecule has 2 rings (SSSR count). The van der Waals surface area contributed by atoms with E-state index in [-0.39, 0.29) is 0 Å². The SMILES string of the molecule is COC(=O)c1sc(NC2CCC(C)(C)CC2)c(OC)c1N. The Bertz CT molecular complexity index is 515. The van der Waals surface area contributed by atoms with Gasteiger partial charge in [0.1, 0.15) is 15.6 Å². The van der Waals surface area contributed by atoms with Crippen LogP contribution < -0.4 is 15.8 Å². The van der Waals surface area contributed by atoms with E-state index in [0.29, 0.717) is 27.8 Å². The van der Waals surface area contributed by atoms with Crippen molar-refractivity contribution in [2.24, 2.45) is 5.41 Å². The molecule has 5 nitrogen and oxygen atoms in total. The van der Waals surface area contributed by atoms with E-state index in [9.17, 15) is 4.79 Å². The molecule has 0 radical (unpaired) electrons. The van der Waals surface area contributed by atoms with Crippen LogP contribution in [0.1, 0.15) is 49.2 Å². The van der Waals surface area contributed by atoms with E-state index in [1.165, 1.54) is 31.3 Å². The van der Waals surface area contributed by atoms with Crippen LogP contribution in [0, 0.1) is 5.41 Å². The van der Waals surface area contributed by atoms with Crippen molar-refractivity contribution in [2.75, 3.05) is 25.3 Å². The molecule has 0 aromatic carbocycles. The first-order valence-electron chi connectivity index (χ1n) is 7.19. The highest BCUT2D eigenvalue weighted by Crippen LogP contribution is 2.44. The van der Waals surface area contributed by atoms with E-state index in [0.717, 1.165) is 17.8 Å². The summed E-state index contributed by atoms with van der Waals surface area (Å²) in [6, 6.07) is 0.399. The third-order valence-electron chi connectivity index (χ3n) is 4.15. The number of anilines is 2. The van der Waals surface area contributed by atoms with Gasteiger partial charge in [0.2, 0.25) is 0 Å². The number of nitrogens with two attached hydrogens (primary N) is 1. The highest BCUT2D eigenvalue weighted by atomic mass is 32.1. The van der Waals surface area contributed by atoms with Crippen LogP contribution in [0.15, 0.2) is 0 Å². The zero-order valence-corrected chi connectivity index (χ0v) is 13.9. The van der Waals surface area contributed by atoms with E-state index in [2.05, 4.69) is 19.2 Å². The van der Waals surface area contributed by atoms with Gasteiger partial charge in [-0.1, -0.05) is 13.8 Å². The van der Waals surface area contributed by atoms with Gasteiger partial charge in [0, 0.05) is 6.04 Å². The average Bonchev–Trinajstić information content (AvgIpc) is 2.76. The van der Waals surface area contributed by atoms with Crippen molar-refractivity contribution in [1.82, 2.24) is 0 Å². The van der Waals surface area contributed by atoms with Gasteiger partial charge in [0.05, 0.1) is 14.2 Å². The summed E-state index contributed by atoms with van der Waals surface area (Å²) in [5.41, 5.74) is 6.76. The molecule has 0 aliphatic heterocycles. The molecule has 1 aliphatic carbocycles. The number of nitrogen functional groups attached to an aromatic ring is 1. The Labute approximate surface area is 129 Å². The number of esters is 1. The normalized spacial score (nSPS) is 18.3. The van der Waals surface area contributed by atoms with E-state index in [4.69, 9.17) is 15.2 Å². The first-order chi connectivity index (χ1) is 9.88. The third-order valence-corrected chi connectivity index (χ3v) is 5.25. The van der Waals surface area contributed by atoms with Crippen molar-refractivity contribution >= 4 is 28.0 Å². The van der Waals surface area contributed by atoms with Crippen molar-refractivity contribution in [3.8, 4) is 5.75 Å². The standard InChI is InChI=1S/C15H24N2O3S/c1-15(2)7-5-9(6-8-15)17-13-11(19-3)10(16)12(21-13)14(18)20-4/h9,17H,5-8,16H2,1-4H3. The lowest BCUT2D eigenvalue weighted by atomic mass is 9.75. The van der Waals surface area contributed by atoms with Gasteiger partial charge in [0.15, 0.2) is 5.75 Å². The smallest absolute Gasteiger partial charge is 0.350 e. The fourth-order valence-corrected chi connectivity index (χ4v) is 3.78. The predicted molar refractivity (Wildman–Crippen MR) is 86.3 cm³/mol. The number of methoxy groups -OCH3 is 2. The van der Waals surface area contributed by atoms with E-state index in [1.807, 2.05) is 0 Å². The largest absolute Gasteiger partial charge is 0.492 e. The van der Waals surface area contributed by atoms with Crippen molar-refractivity contribution in [2.45, 2.75) is 45.6 Å². The molecule has 21 heavy (non-hydrogen) atoms. The lowest BCUT2D eigenvalue weighted by Gasteiger charge is -2.34. The Hall–Kier alpha value is -1.43. The first kappa shape index (κ1) is 15.9. The Morgan fingerprint density at radius 2 is 1.95 bits per heavy atom. The second kappa shape index (κ2) is 6.13. The zero-order chi connectivity index (χ0) is 15.6. The van der Waals surface area contributed by atoms with Crippen molar-refractivity contribution < 1.29 is 14.3 Å². The molecule has 1 aromatic heterocycles. The Morgan fingerprint density at radius 1 is 1.33 bits per heavy atom. The number of hydrogen-bond acceptors (Lipinski definition) is 6. The summed E-state index contributed by atoms with van der Waals surface area (Å²) in [4.78, 5) is 12.1. The summed E-state index contributed by atoms with van der Waals surface area (Å²) in [6.45, 7) is 4.62. The minimum absolute atomic E-state index is 0.355. The maximum absolute atomic E-state index is 11.7. The molecule has 0 spiro atoms. The van der Waals surface area contributed by atoms with Crippen LogP contribution in [0.5, 0.6) is 5.75 Å². The molecule has 118 valence electrons. The van der Waals surface area contributed by atoms with Gasteiger partial charge in [-0.2, -0.15) is 0 Å². The van der Waals surface area contributed by atoms with E-state index in [1.54, 1.807) is 7.11 Å². The molecule has 0 atom stereocenters. The number of ether oxygens (including phenoxy) is 2. The van der Waals surface area contributed by atoms with Crippen LogP contribution in [-0.4, -0.2) is 26.2 Å². The maximum atomic E-state index is 11.7. The number of hydrogen-bond donors (Lipinski definition) is 2. The highest BCUT2D eigenvalue weighted by molar-refractivity contribution is 7.19. The minimum Gasteiger partial charge on any atom is -0.492 e. The van der Waals surface area contributed by atoms with Crippen LogP contribution in [0.2, 0.25) is 0 Å². The first-order valence-corrected chi connectivity index (χ1v) is 8.00. The number of carbonyl (C=O) groups excluding carboxylic acids is 1. The molecule has 1 fully saturated rings. The molecular formula is C15H24N2O3S. The quantitative estimate of drug-likeness (QED) is 0.832. The summed E-state index contributed by atoms with van der Waals surface area (Å²) in [6.07, 6.45) is 4.61. The average molecular weight is 312 g/mol. The lowest BCUT2D eigenvalue weighted by Crippen LogP contribution is -2.29. The van der Waals surface area contributed by atoms with Crippen molar-refractivity contribution in [3.63, 3.8) is 0 Å². The molecule has 0 amide bonds. The topological polar surface area (TPSA) is 73.6 Å². The van der Waals surface area contributed by atoms with Crippen LogP contribution in [-0.2, 0) is 4.74 Å². The number of nitrogens with one attached hydrogen (secondary N) is 1. The van der Waals surface area contributed by atoms with E-state index >= 15 is 0 Å². The summed E-state index contributed by atoms with van der Waals surface area (Å²) in [7, 11) is 2.92. The predicted octanol–water partition coefficient (Wildman–Crippen LogP) is 3.51. The monoisotopic (exact) mass is 312 g/mol. The second-order valence-corrected chi connectivity index (χ2v) is 7.30. The molecule has 0 bridgehead atoms. The highest BCUT2D eigenvalue weighted by Gasteiger charge is 2.29. The summed E-state index contributed by atoms with van der Waals surface area (Å²) >= 11 is 1.30. The minimum atomic E-state index is -0.423. The van der Waals surface area contributed by atoms with E-state index < -0.39 is 5.97 Å². The molecule has 6 heteroatoms. The Morgan fingerprint density at radius 3 is 2.48 bits per heavy atom. The van der Waals surface area contributed by atoms with Crippen LogP contribution in [0.3, 0.4) is 0 Å². The van der Waals surface area contributed by atoms with Gasteiger partial charge in [-0.3, -0.25) is 0 Å². The fourth-order valence-electron chi connectivity index (χ4n) is 2.70. The molecule has 1 saturated carbocycles. The van der Waals surface area contributed by atoms with Gasteiger partial charge in [-0.15, -0.1) is 11.3 Å². The zero-order valence-electron chi connectivity index (χ0n) is 13.1. The molecule has 3 N–H and O–H groups in total. The molecule has 1 heterocycles. The second-order valence-electron chi connectivity index (χ2n) is 6.28. The molecule has 1 aliphatic rings. The van der Waals surface area contributed by atoms with Crippen LogP contribution in [0.25, 0.3) is 0 Å². The molecule has 0 unspecified atom stereocenters. The summed E-state index contributed by atoms with van der Waals surface area (Å²) in [5.74, 6) is 0.124. The summed E-state index contributed by atoms with van der Waals surface area (Å²) in [5, 5.41) is 4.30. The molecule has 0 saturated heterocycles. The number of rotatable bonds is 4. The van der Waals surface area contributed by atoms with Crippen LogP contribution >= 0.6 is 11.3 Å².